The van der Waals surface area contributed by atoms with Gasteiger partial charge in [0.1, 0.15) is 5.75 Å². The summed E-state index contributed by atoms with van der Waals surface area (Å²) in [4.78, 5) is 2.10. The monoisotopic (exact) mass is 302 g/mol. The van der Waals surface area contributed by atoms with Gasteiger partial charge in [0.2, 0.25) is 0 Å². The normalized spacial score (nSPS) is 10.4. The second kappa shape index (κ2) is 8.68. The van der Waals surface area contributed by atoms with Crippen LogP contribution >= 0.6 is 12.2 Å². The van der Waals surface area contributed by atoms with Crippen molar-refractivity contribution >= 4 is 23.0 Å². The first-order valence-corrected chi connectivity index (χ1v) is 7.08. The molecule has 112 valence electrons. The van der Waals surface area contributed by atoms with Crippen molar-refractivity contribution < 1.29 is 13.5 Å². The maximum atomic E-state index is 12.0. The summed E-state index contributed by atoms with van der Waals surface area (Å²) >= 11 is 5.35. The minimum absolute atomic E-state index is 0.135. The summed E-state index contributed by atoms with van der Waals surface area (Å²) in [6, 6.07) is 6.31. The van der Waals surface area contributed by atoms with Crippen molar-refractivity contribution in [3.05, 3.63) is 24.3 Å². The van der Waals surface area contributed by atoms with E-state index in [9.17, 15) is 8.78 Å². The van der Waals surface area contributed by atoms with Gasteiger partial charge in [0.25, 0.3) is 0 Å². The number of halogens is 2. The van der Waals surface area contributed by atoms with E-state index >= 15 is 0 Å². The lowest BCUT2D eigenvalue weighted by atomic mass is 10.3. The second-order valence-corrected chi connectivity index (χ2v) is 4.71. The molecule has 6 heteroatoms. The van der Waals surface area contributed by atoms with E-state index in [1.807, 2.05) is 0 Å². The lowest BCUT2D eigenvalue weighted by Gasteiger charge is -2.25. The number of alkyl halides is 2. The molecule has 0 unspecified atom stereocenters. The molecule has 20 heavy (non-hydrogen) atoms. The molecular weight excluding hydrogens is 282 g/mol. The highest BCUT2D eigenvalue weighted by Crippen LogP contribution is 2.18. The third-order valence-corrected chi connectivity index (χ3v) is 2.97. The molecule has 1 aromatic carbocycles. The number of ether oxygens (including phenoxy) is 1. The molecule has 0 aromatic heterocycles. The highest BCUT2D eigenvalue weighted by atomic mass is 32.1. The Morgan fingerprint density at radius 1 is 1.20 bits per heavy atom. The third kappa shape index (κ3) is 5.69. The molecule has 0 saturated heterocycles. The summed E-state index contributed by atoms with van der Waals surface area (Å²) in [5.41, 5.74) is 0.758. The summed E-state index contributed by atoms with van der Waals surface area (Å²) < 4.78 is 28.4. The molecule has 0 fully saturated rings. The number of rotatable bonds is 7. The smallest absolute Gasteiger partial charge is 0.387 e. The van der Waals surface area contributed by atoms with Crippen molar-refractivity contribution in [3.8, 4) is 5.75 Å². The van der Waals surface area contributed by atoms with Gasteiger partial charge in [0.15, 0.2) is 5.11 Å². The maximum absolute atomic E-state index is 12.0. The van der Waals surface area contributed by atoms with Crippen LogP contribution in [0.5, 0.6) is 5.75 Å². The highest BCUT2D eigenvalue weighted by molar-refractivity contribution is 7.80. The molecule has 0 spiro atoms. The van der Waals surface area contributed by atoms with E-state index in [2.05, 4.69) is 28.8 Å². The van der Waals surface area contributed by atoms with E-state index in [-0.39, 0.29) is 5.75 Å². The average molecular weight is 302 g/mol. The van der Waals surface area contributed by atoms with Crippen LogP contribution in [0.3, 0.4) is 0 Å². The SMILES string of the molecule is CCCN(CCC)C(=S)Nc1ccc(OC(F)F)cc1. The predicted molar refractivity (Wildman–Crippen MR) is 81.4 cm³/mol. The number of nitrogens with zero attached hydrogens (tertiary/aromatic N) is 1. The number of thiocarbonyl (C=S) groups is 1. The van der Waals surface area contributed by atoms with Crippen molar-refractivity contribution in [2.75, 3.05) is 18.4 Å². The van der Waals surface area contributed by atoms with Crippen molar-refractivity contribution in [3.63, 3.8) is 0 Å². The van der Waals surface area contributed by atoms with Crippen LogP contribution in [0, 0.1) is 0 Å². The average Bonchev–Trinajstić information content (AvgIpc) is 2.40. The Morgan fingerprint density at radius 3 is 2.20 bits per heavy atom. The van der Waals surface area contributed by atoms with Crippen LogP contribution in [-0.2, 0) is 0 Å². The first-order valence-electron chi connectivity index (χ1n) is 6.67. The Morgan fingerprint density at radius 2 is 1.75 bits per heavy atom. The quantitative estimate of drug-likeness (QED) is 0.766. The Kier molecular flexibility index (Phi) is 7.22. The second-order valence-electron chi connectivity index (χ2n) is 4.32. The van der Waals surface area contributed by atoms with Crippen LogP contribution in [0.1, 0.15) is 26.7 Å². The zero-order valence-electron chi connectivity index (χ0n) is 11.7. The highest BCUT2D eigenvalue weighted by Gasteiger charge is 2.08. The van der Waals surface area contributed by atoms with Gasteiger partial charge in [-0.05, 0) is 49.3 Å². The first-order chi connectivity index (χ1) is 9.56. The number of anilines is 1. The van der Waals surface area contributed by atoms with E-state index in [1.54, 1.807) is 12.1 Å². The van der Waals surface area contributed by atoms with E-state index < -0.39 is 6.61 Å². The van der Waals surface area contributed by atoms with Crippen molar-refractivity contribution in [2.45, 2.75) is 33.3 Å². The fraction of sp³-hybridized carbons (Fsp3) is 0.500. The van der Waals surface area contributed by atoms with Gasteiger partial charge < -0.3 is 15.0 Å². The molecule has 0 radical (unpaired) electrons. The summed E-state index contributed by atoms with van der Waals surface area (Å²) in [7, 11) is 0. The van der Waals surface area contributed by atoms with Gasteiger partial charge >= 0.3 is 6.61 Å². The molecule has 0 atom stereocenters. The molecule has 3 nitrogen and oxygen atoms in total. The van der Waals surface area contributed by atoms with Gasteiger partial charge in [-0.15, -0.1) is 0 Å². The number of benzene rings is 1. The van der Waals surface area contributed by atoms with Crippen LogP contribution in [0.25, 0.3) is 0 Å². The Hall–Kier alpha value is -1.43. The van der Waals surface area contributed by atoms with Gasteiger partial charge in [-0.2, -0.15) is 8.78 Å². The van der Waals surface area contributed by atoms with E-state index in [0.717, 1.165) is 31.6 Å². The van der Waals surface area contributed by atoms with Gasteiger partial charge in [-0.25, -0.2) is 0 Å². The van der Waals surface area contributed by atoms with E-state index in [0.29, 0.717) is 5.11 Å². The third-order valence-electron chi connectivity index (χ3n) is 2.61. The fourth-order valence-electron chi connectivity index (χ4n) is 1.78. The Balaban J connectivity index is 2.60. The van der Waals surface area contributed by atoms with Crippen LogP contribution in [0.4, 0.5) is 14.5 Å². The number of nitrogens with one attached hydrogen (secondary N) is 1. The molecule has 1 rings (SSSR count). The van der Waals surface area contributed by atoms with E-state index in [1.165, 1.54) is 12.1 Å². The van der Waals surface area contributed by atoms with Crippen LogP contribution in [-0.4, -0.2) is 29.7 Å². The summed E-state index contributed by atoms with van der Waals surface area (Å²) in [6.45, 7) is 3.18. The summed E-state index contributed by atoms with van der Waals surface area (Å²) in [6.07, 6.45) is 2.03. The molecule has 0 heterocycles. The zero-order valence-corrected chi connectivity index (χ0v) is 12.6. The lowest BCUT2D eigenvalue weighted by molar-refractivity contribution is -0.0498. The zero-order chi connectivity index (χ0) is 15.0. The molecule has 0 aliphatic carbocycles. The Labute approximate surface area is 123 Å². The Bertz CT molecular complexity index is 406. The maximum Gasteiger partial charge on any atom is 0.387 e. The van der Waals surface area contributed by atoms with Crippen LogP contribution < -0.4 is 10.1 Å². The number of hydrogen-bond donors (Lipinski definition) is 1. The predicted octanol–water partition coefficient (Wildman–Crippen LogP) is 4.11. The van der Waals surface area contributed by atoms with E-state index in [4.69, 9.17) is 12.2 Å². The molecule has 0 bridgehead atoms. The minimum atomic E-state index is -2.81. The molecule has 0 aliphatic rings. The van der Waals surface area contributed by atoms with Crippen molar-refractivity contribution in [2.24, 2.45) is 0 Å². The fourth-order valence-corrected chi connectivity index (χ4v) is 2.08. The molecule has 0 saturated carbocycles. The van der Waals surface area contributed by atoms with Gasteiger partial charge in [-0.3, -0.25) is 0 Å². The topological polar surface area (TPSA) is 24.5 Å². The largest absolute Gasteiger partial charge is 0.435 e. The van der Waals surface area contributed by atoms with Crippen LogP contribution in [0.2, 0.25) is 0 Å². The molecular formula is C14H20F2N2OS. The standard InChI is InChI=1S/C14H20F2N2OS/c1-3-9-18(10-4-2)14(20)17-11-5-7-12(8-6-11)19-13(15)16/h5-8,13H,3-4,9-10H2,1-2H3,(H,17,20). The molecule has 1 N–H and O–H groups in total. The van der Waals surface area contributed by atoms with Gasteiger partial charge in [0.05, 0.1) is 0 Å². The van der Waals surface area contributed by atoms with Gasteiger partial charge in [-0.1, -0.05) is 13.8 Å². The first kappa shape index (κ1) is 16.6. The van der Waals surface area contributed by atoms with Crippen LogP contribution in [0.15, 0.2) is 24.3 Å². The van der Waals surface area contributed by atoms with Crippen molar-refractivity contribution in [1.29, 1.82) is 0 Å². The number of hydrogen-bond acceptors (Lipinski definition) is 2. The van der Waals surface area contributed by atoms with Crippen molar-refractivity contribution in [1.82, 2.24) is 4.90 Å². The lowest BCUT2D eigenvalue weighted by Crippen LogP contribution is -2.35. The summed E-state index contributed by atoms with van der Waals surface area (Å²) in [5, 5.41) is 3.76. The molecule has 1 aromatic rings. The molecule has 0 aliphatic heterocycles. The summed E-state index contributed by atoms with van der Waals surface area (Å²) in [5.74, 6) is 0.135. The van der Waals surface area contributed by atoms with Gasteiger partial charge in [0, 0.05) is 18.8 Å². The minimum Gasteiger partial charge on any atom is -0.435 e. The molecule has 0 amide bonds.